The van der Waals surface area contributed by atoms with Gasteiger partial charge in [-0.05, 0) is 40.5 Å². The highest BCUT2D eigenvalue weighted by Gasteiger charge is 2.49. The molecule has 0 aromatic heterocycles. The van der Waals surface area contributed by atoms with Gasteiger partial charge >= 0.3 is 0 Å². The summed E-state index contributed by atoms with van der Waals surface area (Å²) in [6.07, 6.45) is 1.11. The fraction of sp³-hybridized carbons (Fsp3) is 0.158. The van der Waals surface area contributed by atoms with Crippen molar-refractivity contribution in [3.05, 3.63) is 77.4 Å². The third-order valence-electron chi connectivity index (χ3n) is 4.86. The van der Waals surface area contributed by atoms with E-state index in [2.05, 4.69) is 60.7 Å². The summed E-state index contributed by atoms with van der Waals surface area (Å²) in [6.45, 7) is 0.787. The quantitative estimate of drug-likeness (QED) is 0.590. The van der Waals surface area contributed by atoms with Crippen LogP contribution in [0.5, 0.6) is 5.75 Å². The van der Waals surface area contributed by atoms with Crippen LogP contribution in [0.3, 0.4) is 0 Å². The molecule has 0 bridgehead atoms. The highest BCUT2D eigenvalue weighted by atomic mass is 16.5. The number of ether oxygens (including phenoxy) is 1. The van der Waals surface area contributed by atoms with Crippen molar-refractivity contribution in [1.82, 2.24) is 0 Å². The van der Waals surface area contributed by atoms with Gasteiger partial charge in [-0.2, -0.15) is 0 Å². The van der Waals surface area contributed by atoms with Crippen LogP contribution in [0.2, 0.25) is 0 Å². The Morgan fingerprint density at radius 1 is 0.800 bits per heavy atom. The average molecular weight is 258 g/mol. The van der Waals surface area contributed by atoms with E-state index in [1.807, 2.05) is 0 Å². The highest BCUT2D eigenvalue weighted by Crippen LogP contribution is 2.53. The molecule has 2 aliphatic rings. The third-order valence-corrected chi connectivity index (χ3v) is 4.86. The molecule has 0 radical (unpaired) electrons. The van der Waals surface area contributed by atoms with E-state index in [0.717, 1.165) is 18.8 Å². The Kier molecular flexibility index (Phi) is 1.80. The number of benzene rings is 3. The monoisotopic (exact) mass is 258 g/mol. The van der Waals surface area contributed by atoms with E-state index in [0.29, 0.717) is 0 Å². The first-order valence-corrected chi connectivity index (χ1v) is 7.11. The SMILES string of the molecule is c1ccc2c(c1)CC21COc2cc3ccccc3cc21. The largest absolute Gasteiger partial charge is 0.492 e. The van der Waals surface area contributed by atoms with Crippen LogP contribution in [0.25, 0.3) is 10.8 Å². The van der Waals surface area contributed by atoms with Gasteiger partial charge in [0.1, 0.15) is 12.4 Å². The maximum absolute atomic E-state index is 6.02. The molecule has 1 aliphatic carbocycles. The van der Waals surface area contributed by atoms with Gasteiger partial charge in [0.2, 0.25) is 0 Å². The first-order chi connectivity index (χ1) is 9.87. The van der Waals surface area contributed by atoms with E-state index in [1.165, 1.54) is 27.5 Å². The van der Waals surface area contributed by atoms with Crippen molar-refractivity contribution in [2.45, 2.75) is 11.8 Å². The molecule has 5 rings (SSSR count). The molecular weight excluding hydrogens is 244 g/mol. The second-order valence-corrected chi connectivity index (χ2v) is 5.90. The molecule has 1 nitrogen and oxygen atoms in total. The van der Waals surface area contributed by atoms with Gasteiger partial charge in [-0.3, -0.25) is 0 Å². The Hall–Kier alpha value is -2.28. The van der Waals surface area contributed by atoms with Crippen LogP contribution in [0, 0.1) is 0 Å². The van der Waals surface area contributed by atoms with E-state index >= 15 is 0 Å². The first kappa shape index (κ1) is 10.5. The normalized spacial score (nSPS) is 22.2. The minimum absolute atomic E-state index is 0.107. The predicted octanol–water partition coefficient (Wildman–Crippen LogP) is 4.07. The summed E-state index contributed by atoms with van der Waals surface area (Å²) in [5.74, 6) is 1.07. The Morgan fingerprint density at radius 3 is 2.40 bits per heavy atom. The Balaban J connectivity index is 1.78. The smallest absolute Gasteiger partial charge is 0.124 e. The number of hydrogen-bond donors (Lipinski definition) is 0. The van der Waals surface area contributed by atoms with Gasteiger partial charge in [0.15, 0.2) is 0 Å². The van der Waals surface area contributed by atoms with Crippen LogP contribution in [0.15, 0.2) is 60.7 Å². The van der Waals surface area contributed by atoms with Crippen molar-refractivity contribution < 1.29 is 4.74 Å². The van der Waals surface area contributed by atoms with Crippen molar-refractivity contribution in [2.75, 3.05) is 6.61 Å². The van der Waals surface area contributed by atoms with Crippen LogP contribution in [-0.4, -0.2) is 6.61 Å². The molecule has 1 atom stereocenters. The molecule has 0 fully saturated rings. The van der Waals surface area contributed by atoms with Crippen LogP contribution >= 0.6 is 0 Å². The van der Waals surface area contributed by atoms with Crippen LogP contribution in [-0.2, 0) is 11.8 Å². The summed E-state index contributed by atoms with van der Waals surface area (Å²) in [5.41, 5.74) is 4.40. The van der Waals surface area contributed by atoms with E-state index in [4.69, 9.17) is 4.74 Å². The molecule has 1 heterocycles. The van der Waals surface area contributed by atoms with Crippen molar-refractivity contribution in [3.63, 3.8) is 0 Å². The van der Waals surface area contributed by atoms with Crippen molar-refractivity contribution >= 4 is 10.8 Å². The molecule has 1 unspecified atom stereocenters. The van der Waals surface area contributed by atoms with Gasteiger partial charge in [0.25, 0.3) is 0 Å². The minimum Gasteiger partial charge on any atom is -0.492 e. The topological polar surface area (TPSA) is 9.23 Å². The lowest BCUT2D eigenvalue weighted by Gasteiger charge is -2.40. The lowest BCUT2D eigenvalue weighted by molar-refractivity contribution is 0.273. The van der Waals surface area contributed by atoms with Gasteiger partial charge in [0.05, 0.1) is 5.41 Å². The third kappa shape index (κ3) is 1.14. The average Bonchev–Trinajstić information content (AvgIpc) is 2.85. The highest BCUT2D eigenvalue weighted by molar-refractivity contribution is 5.86. The molecular formula is C19H14O. The molecule has 20 heavy (non-hydrogen) atoms. The molecule has 3 aromatic carbocycles. The molecule has 1 heteroatoms. The summed E-state index contributed by atoms with van der Waals surface area (Å²) in [6, 6.07) is 21.8. The Morgan fingerprint density at radius 2 is 1.55 bits per heavy atom. The van der Waals surface area contributed by atoms with Gasteiger partial charge < -0.3 is 4.74 Å². The summed E-state index contributed by atoms with van der Waals surface area (Å²) >= 11 is 0. The van der Waals surface area contributed by atoms with Gasteiger partial charge in [0, 0.05) is 5.56 Å². The lowest BCUT2D eigenvalue weighted by Crippen LogP contribution is -2.41. The van der Waals surface area contributed by atoms with E-state index < -0.39 is 0 Å². The predicted molar refractivity (Wildman–Crippen MR) is 80.4 cm³/mol. The van der Waals surface area contributed by atoms with Gasteiger partial charge in [-0.1, -0.05) is 48.5 Å². The molecule has 0 saturated carbocycles. The maximum Gasteiger partial charge on any atom is 0.124 e. The Labute approximate surface area is 117 Å². The number of hydrogen-bond acceptors (Lipinski definition) is 1. The van der Waals surface area contributed by atoms with Crippen molar-refractivity contribution in [1.29, 1.82) is 0 Å². The molecule has 96 valence electrons. The van der Waals surface area contributed by atoms with Gasteiger partial charge in [-0.15, -0.1) is 0 Å². The Bertz CT molecular complexity index is 849. The fourth-order valence-electron chi connectivity index (χ4n) is 3.82. The summed E-state index contributed by atoms with van der Waals surface area (Å²) in [4.78, 5) is 0. The van der Waals surface area contributed by atoms with E-state index in [1.54, 1.807) is 0 Å². The summed E-state index contributed by atoms with van der Waals surface area (Å²) < 4.78 is 6.02. The maximum atomic E-state index is 6.02. The van der Waals surface area contributed by atoms with Crippen LogP contribution in [0.1, 0.15) is 16.7 Å². The van der Waals surface area contributed by atoms with Crippen molar-refractivity contribution in [2.24, 2.45) is 0 Å². The zero-order chi connectivity index (χ0) is 13.2. The second-order valence-electron chi connectivity index (χ2n) is 5.90. The molecule has 0 amide bonds. The van der Waals surface area contributed by atoms with E-state index in [9.17, 15) is 0 Å². The first-order valence-electron chi connectivity index (χ1n) is 7.11. The second kappa shape index (κ2) is 3.43. The zero-order valence-electron chi connectivity index (χ0n) is 11.1. The lowest BCUT2D eigenvalue weighted by atomic mass is 9.61. The standard InChI is InChI=1S/C19H14O/c1-2-6-14-10-18-17(9-13(14)5-1)19(12-20-18)11-15-7-3-4-8-16(15)19/h1-10H,11-12H2. The van der Waals surface area contributed by atoms with Crippen molar-refractivity contribution in [3.8, 4) is 5.75 Å². The molecule has 3 aromatic rings. The van der Waals surface area contributed by atoms with Crippen LogP contribution in [0.4, 0.5) is 0 Å². The van der Waals surface area contributed by atoms with Gasteiger partial charge in [-0.25, -0.2) is 0 Å². The summed E-state index contributed by atoms with van der Waals surface area (Å²) in [7, 11) is 0. The minimum atomic E-state index is 0.107. The van der Waals surface area contributed by atoms with E-state index in [-0.39, 0.29) is 5.41 Å². The fourth-order valence-corrected chi connectivity index (χ4v) is 3.82. The number of fused-ring (bicyclic) bond motifs is 5. The molecule has 0 N–H and O–H groups in total. The summed E-state index contributed by atoms with van der Waals surface area (Å²) in [5, 5.41) is 2.57. The molecule has 0 saturated heterocycles. The molecule has 1 aliphatic heterocycles. The number of rotatable bonds is 0. The molecule has 1 spiro atoms. The zero-order valence-corrected chi connectivity index (χ0v) is 11.1. The van der Waals surface area contributed by atoms with Crippen LogP contribution < -0.4 is 4.74 Å².